The summed E-state index contributed by atoms with van der Waals surface area (Å²) in [5.74, 6) is 0.312. The van der Waals surface area contributed by atoms with Gasteiger partial charge in [-0.15, -0.1) is 0 Å². The van der Waals surface area contributed by atoms with Gasteiger partial charge in [0.2, 0.25) is 0 Å². The third-order valence-electron chi connectivity index (χ3n) is 2.13. The Morgan fingerprint density at radius 2 is 2.19 bits per heavy atom. The molecule has 16 heavy (non-hydrogen) atoms. The van der Waals surface area contributed by atoms with Crippen LogP contribution in [0.25, 0.3) is 0 Å². The first kappa shape index (κ1) is 13.3. The molecule has 0 radical (unpaired) electrons. The van der Waals surface area contributed by atoms with Crippen molar-refractivity contribution in [1.29, 1.82) is 0 Å². The second-order valence-corrected chi connectivity index (χ2v) is 5.14. The van der Waals surface area contributed by atoms with Crippen molar-refractivity contribution in [2.45, 2.75) is 20.3 Å². The van der Waals surface area contributed by atoms with Crippen LogP contribution in [0.1, 0.15) is 30.6 Å². The average molecular weight is 334 g/mol. The zero-order chi connectivity index (χ0) is 12.1. The van der Waals surface area contributed by atoms with E-state index in [1.165, 1.54) is 0 Å². The molecule has 1 aromatic carbocycles. The van der Waals surface area contributed by atoms with Gasteiger partial charge in [-0.1, -0.05) is 13.8 Å². The molecule has 0 atom stereocenters. The second kappa shape index (κ2) is 6.08. The summed E-state index contributed by atoms with van der Waals surface area (Å²) >= 11 is 2.14. The highest BCUT2D eigenvalue weighted by Crippen LogP contribution is 2.22. The van der Waals surface area contributed by atoms with Crippen LogP contribution in [-0.4, -0.2) is 17.7 Å². The van der Waals surface area contributed by atoms with Crippen LogP contribution in [0.4, 0.5) is 0 Å². The Kier molecular flexibility index (Phi) is 5.05. The fraction of sp³-hybridized carbons (Fsp3) is 0.417. The number of hydrogen-bond donors (Lipinski definition) is 1. The van der Waals surface area contributed by atoms with Crippen LogP contribution < -0.4 is 4.74 Å². The number of carboxylic acids is 1. The molecule has 0 unspecified atom stereocenters. The maximum Gasteiger partial charge on any atom is 0.335 e. The highest BCUT2D eigenvalue weighted by Gasteiger charge is 2.08. The first-order valence-electron chi connectivity index (χ1n) is 5.16. The van der Waals surface area contributed by atoms with Gasteiger partial charge in [0, 0.05) is 0 Å². The minimum atomic E-state index is -0.926. The van der Waals surface area contributed by atoms with E-state index in [-0.39, 0.29) is 5.56 Å². The normalized spacial score (nSPS) is 10.5. The molecule has 88 valence electrons. The molecule has 3 nitrogen and oxygen atoms in total. The Morgan fingerprint density at radius 1 is 1.50 bits per heavy atom. The Balaban J connectivity index is 2.70. The summed E-state index contributed by atoms with van der Waals surface area (Å²) in [7, 11) is 0. The van der Waals surface area contributed by atoms with Crippen molar-refractivity contribution in [3.05, 3.63) is 27.3 Å². The highest BCUT2D eigenvalue weighted by atomic mass is 127. The summed E-state index contributed by atoms with van der Waals surface area (Å²) in [5.41, 5.74) is 0.264. The summed E-state index contributed by atoms with van der Waals surface area (Å²) in [6.07, 6.45) is 0.966. The lowest BCUT2D eigenvalue weighted by atomic mass is 10.1. The van der Waals surface area contributed by atoms with Gasteiger partial charge >= 0.3 is 5.97 Å². The minimum absolute atomic E-state index is 0.264. The third-order valence-corrected chi connectivity index (χ3v) is 3.02. The number of aromatic carboxylic acids is 1. The van der Waals surface area contributed by atoms with E-state index in [1.54, 1.807) is 18.2 Å². The van der Waals surface area contributed by atoms with Gasteiger partial charge in [-0.25, -0.2) is 4.79 Å². The van der Waals surface area contributed by atoms with Gasteiger partial charge < -0.3 is 9.84 Å². The lowest BCUT2D eigenvalue weighted by Crippen LogP contribution is -2.04. The van der Waals surface area contributed by atoms with Crippen molar-refractivity contribution in [3.8, 4) is 5.75 Å². The quantitative estimate of drug-likeness (QED) is 0.840. The average Bonchev–Trinajstić information content (AvgIpc) is 2.20. The minimum Gasteiger partial charge on any atom is -0.492 e. The van der Waals surface area contributed by atoms with Crippen LogP contribution >= 0.6 is 22.6 Å². The molecule has 0 aliphatic rings. The van der Waals surface area contributed by atoms with Crippen molar-refractivity contribution in [2.75, 3.05) is 6.61 Å². The lowest BCUT2D eigenvalue weighted by Gasteiger charge is -2.10. The predicted molar refractivity (Wildman–Crippen MR) is 71.1 cm³/mol. The van der Waals surface area contributed by atoms with Crippen LogP contribution in [0.3, 0.4) is 0 Å². The molecule has 0 saturated heterocycles. The number of carboxylic acid groups (broad SMARTS) is 1. The van der Waals surface area contributed by atoms with E-state index < -0.39 is 5.97 Å². The van der Waals surface area contributed by atoms with E-state index in [0.29, 0.717) is 18.3 Å². The van der Waals surface area contributed by atoms with Crippen LogP contribution in [0.15, 0.2) is 18.2 Å². The van der Waals surface area contributed by atoms with Gasteiger partial charge in [0.05, 0.1) is 15.7 Å². The Labute approximate surface area is 109 Å². The van der Waals surface area contributed by atoms with E-state index in [4.69, 9.17) is 9.84 Å². The molecule has 0 bridgehead atoms. The maximum atomic E-state index is 10.8. The van der Waals surface area contributed by atoms with E-state index in [0.717, 1.165) is 9.99 Å². The molecule has 0 fully saturated rings. The van der Waals surface area contributed by atoms with Gasteiger partial charge in [-0.2, -0.15) is 0 Å². The molecule has 0 heterocycles. The van der Waals surface area contributed by atoms with Gasteiger partial charge in [-0.05, 0) is 53.1 Å². The number of benzene rings is 1. The lowest BCUT2D eigenvalue weighted by molar-refractivity contribution is 0.0696. The monoisotopic (exact) mass is 334 g/mol. The number of rotatable bonds is 5. The third kappa shape index (κ3) is 4.00. The van der Waals surface area contributed by atoms with Crippen LogP contribution in [0.5, 0.6) is 5.75 Å². The number of ether oxygens (including phenoxy) is 1. The van der Waals surface area contributed by atoms with Gasteiger partial charge in [0.1, 0.15) is 5.75 Å². The van der Waals surface area contributed by atoms with Crippen molar-refractivity contribution in [1.82, 2.24) is 0 Å². The van der Waals surface area contributed by atoms with Crippen molar-refractivity contribution in [2.24, 2.45) is 5.92 Å². The number of carbonyl (C=O) groups is 1. The first-order chi connectivity index (χ1) is 7.50. The summed E-state index contributed by atoms with van der Waals surface area (Å²) in [6.45, 7) is 4.88. The topological polar surface area (TPSA) is 46.5 Å². The summed E-state index contributed by atoms with van der Waals surface area (Å²) < 4.78 is 6.50. The van der Waals surface area contributed by atoms with Crippen LogP contribution in [0, 0.1) is 9.49 Å². The molecule has 1 aromatic rings. The van der Waals surface area contributed by atoms with E-state index >= 15 is 0 Å². The number of hydrogen-bond acceptors (Lipinski definition) is 2. The molecule has 0 aromatic heterocycles. The molecule has 4 heteroatoms. The Morgan fingerprint density at radius 3 is 2.75 bits per heavy atom. The Bertz CT molecular complexity index is 375. The first-order valence-corrected chi connectivity index (χ1v) is 6.24. The smallest absolute Gasteiger partial charge is 0.335 e. The second-order valence-electron chi connectivity index (χ2n) is 3.98. The van der Waals surface area contributed by atoms with E-state index in [9.17, 15) is 4.79 Å². The van der Waals surface area contributed by atoms with Crippen LogP contribution in [-0.2, 0) is 0 Å². The SMILES string of the molecule is CC(C)CCOc1cc(C(=O)O)ccc1I. The molecule has 1 rings (SSSR count). The maximum absolute atomic E-state index is 10.8. The van der Waals surface area contributed by atoms with Crippen LogP contribution in [0.2, 0.25) is 0 Å². The standard InChI is InChI=1S/C12H15IO3/c1-8(2)5-6-16-11-7-9(12(14)15)3-4-10(11)13/h3-4,7-8H,5-6H2,1-2H3,(H,14,15). The predicted octanol–water partition coefficient (Wildman–Crippen LogP) is 3.41. The molecular formula is C12H15IO3. The van der Waals surface area contributed by atoms with Crippen molar-refractivity contribution < 1.29 is 14.6 Å². The van der Waals surface area contributed by atoms with Gasteiger partial charge in [-0.3, -0.25) is 0 Å². The zero-order valence-electron chi connectivity index (χ0n) is 9.37. The fourth-order valence-electron chi connectivity index (χ4n) is 1.15. The van der Waals surface area contributed by atoms with Crippen molar-refractivity contribution >= 4 is 28.6 Å². The molecular weight excluding hydrogens is 319 g/mol. The van der Waals surface area contributed by atoms with E-state index in [1.807, 2.05) is 0 Å². The summed E-state index contributed by atoms with van der Waals surface area (Å²) in [4.78, 5) is 10.8. The molecule has 0 aliphatic carbocycles. The fourth-order valence-corrected chi connectivity index (χ4v) is 1.64. The molecule has 0 saturated carbocycles. The van der Waals surface area contributed by atoms with E-state index in [2.05, 4.69) is 36.4 Å². The number of halogens is 1. The highest BCUT2D eigenvalue weighted by molar-refractivity contribution is 14.1. The molecule has 1 N–H and O–H groups in total. The van der Waals surface area contributed by atoms with Gasteiger partial charge in [0.25, 0.3) is 0 Å². The summed E-state index contributed by atoms with van der Waals surface area (Å²) in [5, 5.41) is 8.86. The van der Waals surface area contributed by atoms with Crippen molar-refractivity contribution in [3.63, 3.8) is 0 Å². The molecule has 0 aliphatic heterocycles. The Hall–Kier alpha value is -0.780. The summed E-state index contributed by atoms with van der Waals surface area (Å²) in [6, 6.07) is 4.92. The molecule has 0 amide bonds. The molecule has 0 spiro atoms. The largest absolute Gasteiger partial charge is 0.492 e. The van der Waals surface area contributed by atoms with Gasteiger partial charge in [0.15, 0.2) is 0 Å². The zero-order valence-corrected chi connectivity index (χ0v) is 11.5.